The van der Waals surface area contributed by atoms with Gasteiger partial charge in [-0.3, -0.25) is 4.79 Å². The fourth-order valence-corrected chi connectivity index (χ4v) is 4.01. The van der Waals surface area contributed by atoms with Gasteiger partial charge in [0.1, 0.15) is 11.4 Å². The molecule has 3 heterocycles. The number of anilines is 1. The second-order valence-corrected chi connectivity index (χ2v) is 7.61. The first-order chi connectivity index (χ1) is 13.4. The number of hydrogen-bond acceptors (Lipinski definition) is 6. The smallest absolute Gasteiger partial charge is 0.341 e. The zero-order chi connectivity index (χ0) is 19.8. The third-order valence-electron chi connectivity index (χ3n) is 5.04. The van der Waals surface area contributed by atoms with E-state index in [0.29, 0.717) is 30.8 Å². The van der Waals surface area contributed by atoms with Gasteiger partial charge in [0, 0.05) is 43.1 Å². The molecule has 1 saturated heterocycles. The van der Waals surface area contributed by atoms with E-state index in [1.807, 2.05) is 17.3 Å². The van der Waals surface area contributed by atoms with E-state index in [4.69, 9.17) is 0 Å². The fourth-order valence-electron chi connectivity index (χ4n) is 3.46. The number of piperazine rings is 1. The van der Waals surface area contributed by atoms with Crippen LogP contribution in [0.5, 0.6) is 0 Å². The number of halogens is 1. The van der Waals surface area contributed by atoms with Crippen LogP contribution < -0.4 is 10.3 Å². The molecule has 1 aromatic carbocycles. The number of benzene rings is 1. The van der Waals surface area contributed by atoms with Gasteiger partial charge in [-0.15, -0.1) is 11.3 Å². The lowest BCUT2D eigenvalue weighted by molar-refractivity contribution is 0.0695. The number of carboxylic acid groups (broad SMARTS) is 1. The lowest BCUT2D eigenvalue weighted by Gasteiger charge is -2.34. The lowest BCUT2D eigenvalue weighted by atomic mass is 10.1. The number of rotatable bonds is 4. The van der Waals surface area contributed by atoms with Crippen molar-refractivity contribution in [2.45, 2.75) is 6.54 Å². The van der Waals surface area contributed by atoms with Crippen LogP contribution in [0, 0.1) is 5.82 Å². The molecule has 1 N–H and O–H groups in total. The Morgan fingerprint density at radius 2 is 2.04 bits per heavy atom. The highest BCUT2D eigenvalue weighted by Crippen LogP contribution is 2.26. The highest BCUT2D eigenvalue weighted by molar-refractivity contribution is 7.07. The maximum Gasteiger partial charge on any atom is 0.341 e. The first-order valence-electron chi connectivity index (χ1n) is 8.84. The van der Waals surface area contributed by atoms with Crippen molar-refractivity contribution in [1.29, 1.82) is 0 Å². The van der Waals surface area contributed by atoms with E-state index >= 15 is 0 Å². The van der Waals surface area contributed by atoms with Crippen LogP contribution >= 0.6 is 11.3 Å². The number of nitrogens with zero attached hydrogens (tertiary/aromatic N) is 4. The molecule has 2 aromatic heterocycles. The Morgan fingerprint density at radius 1 is 1.29 bits per heavy atom. The van der Waals surface area contributed by atoms with E-state index in [2.05, 4.69) is 9.88 Å². The monoisotopic (exact) mass is 402 g/mol. The second kappa shape index (κ2) is 7.33. The maximum absolute atomic E-state index is 14.9. The summed E-state index contributed by atoms with van der Waals surface area (Å²) in [4.78, 5) is 32.5. The van der Waals surface area contributed by atoms with E-state index in [1.54, 1.807) is 16.1 Å². The molecule has 0 amide bonds. The Labute approximate surface area is 164 Å². The van der Waals surface area contributed by atoms with E-state index in [0.717, 1.165) is 24.8 Å². The van der Waals surface area contributed by atoms with Crippen molar-refractivity contribution >= 4 is 33.9 Å². The number of fused-ring (bicyclic) bond motifs is 1. The van der Waals surface area contributed by atoms with Crippen LogP contribution in [0.25, 0.3) is 10.9 Å². The summed E-state index contributed by atoms with van der Waals surface area (Å²) in [7, 11) is 2.02. The number of carbonyl (C=O) groups is 1. The predicted molar refractivity (Wildman–Crippen MR) is 106 cm³/mol. The molecule has 3 aromatic rings. The molecule has 7 nitrogen and oxygen atoms in total. The number of pyridine rings is 1. The Kier molecular flexibility index (Phi) is 4.86. The van der Waals surface area contributed by atoms with Gasteiger partial charge in [0.15, 0.2) is 0 Å². The Hall–Kier alpha value is -2.78. The molecular weight excluding hydrogens is 383 g/mol. The Morgan fingerprint density at radius 3 is 2.68 bits per heavy atom. The van der Waals surface area contributed by atoms with Crippen LogP contribution in [0.15, 0.2) is 34.0 Å². The van der Waals surface area contributed by atoms with Crippen molar-refractivity contribution in [2.24, 2.45) is 0 Å². The van der Waals surface area contributed by atoms with Crippen LogP contribution in [0.4, 0.5) is 10.1 Å². The normalized spacial score (nSPS) is 15.3. The van der Waals surface area contributed by atoms with E-state index in [-0.39, 0.29) is 10.9 Å². The highest BCUT2D eigenvalue weighted by Gasteiger charge is 2.21. The van der Waals surface area contributed by atoms with Gasteiger partial charge in [-0.05, 0) is 19.2 Å². The lowest BCUT2D eigenvalue weighted by Crippen LogP contribution is -2.44. The molecule has 146 valence electrons. The molecule has 1 fully saturated rings. The summed E-state index contributed by atoms with van der Waals surface area (Å²) < 4.78 is 16.5. The highest BCUT2D eigenvalue weighted by atomic mass is 32.1. The predicted octanol–water partition coefficient (Wildman–Crippen LogP) is 2.10. The van der Waals surface area contributed by atoms with Crippen LogP contribution in [0.2, 0.25) is 0 Å². The molecule has 0 radical (unpaired) electrons. The Balaban J connectivity index is 1.89. The molecule has 0 spiro atoms. The molecule has 0 atom stereocenters. The minimum atomic E-state index is -1.33. The van der Waals surface area contributed by atoms with Gasteiger partial charge >= 0.3 is 5.97 Å². The first kappa shape index (κ1) is 18.6. The maximum atomic E-state index is 14.9. The van der Waals surface area contributed by atoms with Gasteiger partial charge in [0.2, 0.25) is 5.43 Å². The van der Waals surface area contributed by atoms with E-state index in [1.165, 1.54) is 17.5 Å². The molecule has 4 rings (SSSR count). The standard InChI is InChI=1S/C19H19FN4O3S/c1-22-2-4-23(5-3-22)17-7-16-13(6-15(17)20)18(25)14(19(26)27)9-24(16)8-12-10-28-11-21-12/h6-7,9-11H,2-5,8H2,1H3,(H,26,27). The van der Waals surface area contributed by atoms with Crippen LogP contribution in [0.3, 0.4) is 0 Å². The van der Waals surface area contributed by atoms with Crippen molar-refractivity contribution in [2.75, 3.05) is 38.1 Å². The molecule has 9 heteroatoms. The number of thiazole rings is 1. The zero-order valence-corrected chi connectivity index (χ0v) is 16.1. The van der Waals surface area contributed by atoms with Gasteiger partial charge in [-0.2, -0.15) is 0 Å². The number of aromatic nitrogens is 2. The summed E-state index contributed by atoms with van der Waals surface area (Å²) in [5.41, 5.74) is 2.30. The number of aromatic carboxylic acids is 1. The van der Waals surface area contributed by atoms with Crippen molar-refractivity contribution < 1.29 is 14.3 Å². The zero-order valence-electron chi connectivity index (χ0n) is 15.3. The second-order valence-electron chi connectivity index (χ2n) is 6.90. The SMILES string of the molecule is CN1CCN(c2cc3c(cc2F)c(=O)c(C(=O)O)cn3Cc2cscn2)CC1. The third-order valence-corrected chi connectivity index (χ3v) is 5.67. The molecule has 1 aliphatic heterocycles. The van der Waals surface area contributed by atoms with Crippen molar-refractivity contribution in [3.63, 3.8) is 0 Å². The van der Waals surface area contributed by atoms with E-state index in [9.17, 15) is 19.1 Å². The minimum Gasteiger partial charge on any atom is -0.477 e. The fraction of sp³-hybridized carbons (Fsp3) is 0.316. The summed E-state index contributed by atoms with van der Waals surface area (Å²) >= 11 is 1.43. The average Bonchev–Trinajstić information content (AvgIpc) is 3.17. The third kappa shape index (κ3) is 3.38. The van der Waals surface area contributed by atoms with Crippen LogP contribution in [-0.4, -0.2) is 58.8 Å². The van der Waals surface area contributed by atoms with Gasteiger partial charge in [0.05, 0.1) is 29.0 Å². The van der Waals surface area contributed by atoms with Gasteiger partial charge in [0.25, 0.3) is 0 Å². The van der Waals surface area contributed by atoms with Crippen molar-refractivity contribution in [3.8, 4) is 0 Å². The molecule has 1 aliphatic rings. The molecular formula is C19H19FN4O3S. The summed E-state index contributed by atoms with van der Waals surface area (Å²) in [5, 5.41) is 11.3. The number of likely N-dealkylation sites (N-methyl/N-ethyl adjacent to an activating group) is 1. The van der Waals surface area contributed by atoms with Gasteiger partial charge < -0.3 is 19.5 Å². The average molecular weight is 402 g/mol. The minimum absolute atomic E-state index is 0.0607. The topological polar surface area (TPSA) is 78.7 Å². The summed E-state index contributed by atoms with van der Waals surface area (Å²) in [6.45, 7) is 3.31. The molecule has 0 aliphatic carbocycles. The number of carboxylic acids is 1. The van der Waals surface area contributed by atoms with E-state index < -0.39 is 17.2 Å². The van der Waals surface area contributed by atoms with Gasteiger partial charge in [-0.1, -0.05) is 0 Å². The van der Waals surface area contributed by atoms with Crippen LogP contribution in [-0.2, 0) is 6.54 Å². The molecule has 0 saturated carbocycles. The molecule has 0 unspecified atom stereocenters. The quantitative estimate of drug-likeness (QED) is 0.720. The number of hydrogen-bond donors (Lipinski definition) is 1. The summed E-state index contributed by atoms with van der Waals surface area (Å²) in [6.07, 6.45) is 1.32. The summed E-state index contributed by atoms with van der Waals surface area (Å²) in [5.74, 6) is -1.85. The van der Waals surface area contributed by atoms with Crippen molar-refractivity contribution in [3.05, 3.63) is 56.5 Å². The molecule has 0 bridgehead atoms. The molecule has 28 heavy (non-hydrogen) atoms. The summed E-state index contributed by atoms with van der Waals surface area (Å²) in [6, 6.07) is 2.81. The van der Waals surface area contributed by atoms with Gasteiger partial charge in [-0.25, -0.2) is 14.2 Å². The van der Waals surface area contributed by atoms with Crippen molar-refractivity contribution in [1.82, 2.24) is 14.5 Å². The largest absolute Gasteiger partial charge is 0.477 e. The van der Waals surface area contributed by atoms with Crippen LogP contribution in [0.1, 0.15) is 16.1 Å². The first-order valence-corrected chi connectivity index (χ1v) is 9.79. The Bertz CT molecular complexity index is 1090.